The molecule has 0 saturated carbocycles. The summed E-state index contributed by atoms with van der Waals surface area (Å²) in [6, 6.07) is 0.575. The zero-order valence-corrected chi connectivity index (χ0v) is 12.7. The number of hydrogen-bond acceptors (Lipinski definition) is 4. The zero-order chi connectivity index (χ0) is 13.2. The second-order valence-electron chi connectivity index (χ2n) is 5.02. The number of rotatable bonds is 3. The van der Waals surface area contributed by atoms with E-state index in [9.17, 15) is 0 Å². The quantitative estimate of drug-likeness (QED) is 0.814. The Bertz CT molecular complexity index is 565. The third-order valence-corrected chi connectivity index (χ3v) is 4.31. The van der Waals surface area contributed by atoms with Gasteiger partial charge in [-0.1, -0.05) is 15.9 Å². The van der Waals surface area contributed by atoms with Gasteiger partial charge in [0.1, 0.15) is 12.1 Å². The van der Waals surface area contributed by atoms with Crippen LogP contribution in [0.25, 0.3) is 11.0 Å². The molecule has 3 rings (SSSR count). The highest BCUT2D eigenvalue weighted by Gasteiger charge is 2.25. The molecule has 2 aromatic heterocycles. The van der Waals surface area contributed by atoms with E-state index in [1.165, 1.54) is 19.3 Å². The van der Waals surface area contributed by atoms with Crippen molar-refractivity contribution in [1.29, 1.82) is 0 Å². The molecule has 6 heteroatoms. The zero-order valence-electron chi connectivity index (χ0n) is 11.1. The van der Waals surface area contributed by atoms with E-state index < -0.39 is 0 Å². The lowest BCUT2D eigenvalue weighted by atomic mass is 10.00. The van der Waals surface area contributed by atoms with Crippen LogP contribution in [-0.2, 0) is 7.05 Å². The van der Waals surface area contributed by atoms with E-state index in [0.717, 1.165) is 35.1 Å². The molecule has 5 nitrogen and oxygen atoms in total. The molecule has 0 spiro atoms. The number of halogens is 1. The van der Waals surface area contributed by atoms with Crippen molar-refractivity contribution in [3.8, 4) is 0 Å². The van der Waals surface area contributed by atoms with Crippen molar-refractivity contribution in [2.24, 2.45) is 7.05 Å². The highest BCUT2D eigenvalue weighted by atomic mass is 79.9. The molecule has 0 bridgehead atoms. The molecule has 0 radical (unpaired) electrons. The Morgan fingerprint density at radius 3 is 3.11 bits per heavy atom. The van der Waals surface area contributed by atoms with Gasteiger partial charge in [0.05, 0.1) is 11.6 Å². The number of piperidine rings is 1. The number of aryl methyl sites for hydroxylation is 1. The van der Waals surface area contributed by atoms with E-state index >= 15 is 0 Å². The lowest BCUT2D eigenvalue weighted by Gasteiger charge is -2.36. The van der Waals surface area contributed by atoms with E-state index in [4.69, 9.17) is 0 Å². The van der Waals surface area contributed by atoms with Crippen LogP contribution in [0.1, 0.15) is 25.7 Å². The standard InChI is InChI=1S/C13H18BrN5/c1-18-12-11(8-17-18)13(16-9-15-12)19-7-3-2-4-10(19)5-6-14/h8-10H,2-7H2,1H3. The first-order valence-electron chi connectivity index (χ1n) is 6.76. The molecular formula is C13H18BrN5. The van der Waals surface area contributed by atoms with Crippen LogP contribution < -0.4 is 4.90 Å². The van der Waals surface area contributed by atoms with Gasteiger partial charge >= 0.3 is 0 Å². The maximum atomic E-state index is 4.52. The first-order chi connectivity index (χ1) is 9.31. The van der Waals surface area contributed by atoms with Gasteiger partial charge in [-0.05, 0) is 25.7 Å². The fourth-order valence-electron chi connectivity index (χ4n) is 2.88. The highest BCUT2D eigenvalue weighted by molar-refractivity contribution is 9.09. The largest absolute Gasteiger partial charge is 0.353 e. The molecule has 0 aliphatic carbocycles. The Balaban J connectivity index is 2.01. The number of anilines is 1. The van der Waals surface area contributed by atoms with Gasteiger partial charge in [-0.2, -0.15) is 5.10 Å². The number of aromatic nitrogens is 4. The van der Waals surface area contributed by atoms with Gasteiger partial charge in [0, 0.05) is 25.0 Å². The topological polar surface area (TPSA) is 46.8 Å². The summed E-state index contributed by atoms with van der Waals surface area (Å²) < 4.78 is 1.81. The molecule has 0 N–H and O–H groups in total. The third-order valence-electron chi connectivity index (χ3n) is 3.85. The molecule has 1 saturated heterocycles. The Hall–Kier alpha value is -1.17. The summed E-state index contributed by atoms with van der Waals surface area (Å²) in [5, 5.41) is 6.40. The molecule has 1 aliphatic heterocycles. The van der Waals surface area contributed by atoms with Crippen LogP contribution in [0.5, 0.6) is 0 Å². The first kappa shape index (κ1) is 12.8. The predicted molar refractivity (Wildman–Crippen MR) is 79.7 cm³/mol. The molecular weight excluding hydrogens is 306 g/mol. The number of hydrogen-bond donors (Lipinski definition) is 0. The maximum absolute atomic E-state index is 4.52. The van der Waals surface area contributed by atoms with Crippen LogP contribution >= 0.6 is 15.9 Å². The maximum Gasteiger partial charge on any atom is 0.163 e. The second-order valence-corrected chi connectivity index (χ2v) is 5.82. The average Bonchev–Trinajstić information content (AvgIpc) is 2.82. The van der Waals surface area contributed by atoms with Gasteiger partial charge < -0.3 is 4.90 Å². The minimum absolute atomic E-state index is 0.575. The molecule has 0 aromatic carbocycles. The second kappa shape index (κ2) is 5.45. The predicted octanol–water partition coefficient (Wildman–Crippen LogP) is 2.51. The molecule has 1 atom stereocenters. The first-order valence-corrected chi connectivity index (χ1v) is 7.88. The van der Waals surface area contributed by atoms with Crippen LogP contribution in [0, 0.1) is 0 Å². The van der Waals surface area contributed by atoms with E-state index in [-0.39, 0.29) is 0 Å². The summed E-state index contributed by atoms with van der Waals surface area (Å²) >= 11 is 3.56. The SMILES string of the molecule is Cn1ncc2c(N3CCCCC3CCBr)ncnc21. The van der Waals surface area contributed by atoms with Crippen LogP contribution in [-0.4, -0.2) is 37.7 Å². The van der Waals surface area contributed by atoms with E-state index in [1.54, 1.807) is 6.33 Å². The van der Waals surface area contributed by atoms with Crippen molar-refractivity contribution >= 4 is 32.8 Å². The van der Waals surface area contributed by atoms with Gasteiger partial charge in [-0.3, -0.25) is 4.68 Å². The number of fused-ring (bicyclic) bond motifs is 1. The minimum atomic E-state index is 0.575. The summed E-state index contributed by atoms with van der Waals surface area (Å²) in [6.07, 6.45) is 8.49. The average molecular weight is 324 g/mol. The fourth-order valence-corrected chi connectivity index (χ4v) is 3.41. The summed E-state index contributed by atoms with van der Waals surface area (Å²) in [6.45, 7) is 1.08. The van der Waals surface area contributed by atoms with Crippen LogP contribution in [0.15, 0.2) is 12.5 Å². The van der Waals surface area contributed by atoms with Gasteiger partial charge in [0.15, 0.2) is 5.65 Å². The summed E-state index contributed by atoms with van der Waals surface area (Å²) in [4.78, 5) is 11.3. The molecule has 3 heterocycles. The molecule has 102 valence electrons. The molecule has 0 amide bonds. The molecule has 1 fully saturated rings. The van der Waals surface area contributed by atoms with Crippen LogP contribution in [0.3, 0.4) is 0 Å². The lowest BCUT2D eigenvalue weighted by molar-refractivity contribution is 0.450. The Morgan fingerprint density at radius 1 is 1.37 bits per heavy atom. The smallest absolute Gasteiger partial charge is 0.163 e. The van der Waals surface area contributed by atoms with Gasteiger partial charge in [-0.25, -0.2) is 9.97 Å². The lowest BCUT2D eigenvalue weighted by Crippen LogP contribution is -2.40. The van der Waals surface area contributed by atoms with Gasteiger partial charge in [0.2, 0.25) is 0 Å². The Kier molecular flexibility index (Phi) is 3.68. The summed E-state index contributed by atoms with van der Waals surface area (Å²) in [7, 11) is 1.92. The summed E-state index contributed by atoms with van der Waals surface area (Å²) in [5.41, 5.74) is 0.910. The normalized spacial score (nSPS) is 20.1. The Labute approximate surface area is 121 Å². The fraction of sp³-hybridized carbons (Fsp3) is 0.615. The highest BCUT2D eigenvalue weighted by Crippen LogP contribution is 2.29. The van der Waals surface area contributed by atoms with Crippen molar-refractivity contribution in [3.63, 3.8) is 0 Å². The number of nitrogens with zero attached hydrogens (tertiary/aromatic N) is 5. The Morgan fingerprint density at radius 2 is 2.26 bits per heavy atom. The number of alkyl halides is 1. The monoisotopic (exact) mass is 323 g/mol. The van der Waals surface area contributed by atoms with E-state index in [1.807, 2.05) is 17.9 Å². The van der Waals surface area contributed by atoms with E-state index in [0.29, 0.717) is 6.04 Å². The minimum Gasteiger partial charge on any atom is -0.353 e. The third kappa shape index (κ3) is 2.33. The van der Waals surface area contributed by atoms with Crippen LogP contribution in [0.2, 0.25) is 0 Å². The van der Waals surface area contributed by atoms with Crippen molar-refractivity contribution in [2.45, 2.75) is 31.7 Å². The molecule has 19 heavy (non-hydrogen) atoms. The van der Waals surface area contributed by atoms with Crippen molar-refractivity contribution in [3.05, 3.63) is 12.5 Å². The van der Waals surface area contributed by atoms with Gasteiger partial charge in [-0.15, -0.1) is 0 Å². The summed E-state index contributed by atoms with van der Waals surface area (Å²) in [5.74, 6) is 1.05. The van der Waals surface area contributed by atoms with Crippen molar-refractivity contribution in [1.82, 2.24) is 19.7 Å². The van der Waals surface area contributed by atoms with Crippen LogP contribution in [0.4, 0.5) is 5.82 Å². The van der Waals surface area contributed by atoms with Crippen molar-refractivity contribution < 1.29 is 0 Å². The molecule has 1 aliphatic rings. The van der Waals surface area contributed by atoms with Crippen molar-refractivity contribution in [2.75, 3.05) is 16.8 Å². The van der Waals surface area contributed by atoms with Gasteiger partial charge in [0.25, 0.3) is 0 Å². The molecule has 1 unspecified atom stereocenters. The molecule has 2 aromatic rings. The van der Waals surface area contributed by atoms with E-state index in [2.05, 4.69) is 35.9 Å².